The molecule has 0 bridgehead atoms. The quantitative estimate of drug-likeness (QED) is 0.739. The van der Waals surface area contributed by atoms with Gasteiger partial charge in [0, 0.05) is 24.7 Å². The van der Waals surface area contributed by atoms with Crippen molar-refractivity contribution in [3.8, 4) is 18.1 Å². The number of halogens is 3. The minimum Gasteiger partial charge on any atom is -0.493 e. The summed E-state index contributed by atoms with van der Waals surface area (Å²) < 4.78 is 70.3. The van der Waals surface area contributed by atoms with Gasteiger partial charge in [0.2, 0.25) is 0 Å². The van der Waals surface area contributed by atoms with Gasteiger partial charge < -0.3 is 9.84 Å². The van der Waals surface area contributed by atoms with E-state index in [0.29, 0.717) is 29.9 Å². The number of aliphatic hydroxyl groups is 1. The highest BCUT2D eigenvalue weighted by Crippen LogP contribution is 2.48. The van der Waals surface area contributed by atoms with Crippen molar-refractivity contribution in [2.45, 2.75) is 61.6 Å². The Hall–Kier alpha value is -1.72. The van der Waals surface area contributed by atoms with Crippen molar-refractivity contribution in [2.24, 2.45) is 0 Å². The maximum Gasteiger partial charge on any atom is 0.418 e. The second-order valence-corrected chi connectivity index (χ2v) is 9.35. The van der Waals surface area contributed by atoms with Gasteiger partial charge in [0.25, 0.3) is 0 Å². The van der Waals surface area contributed by atoms with Crippen molar-refractivity contribution in [3.63, 3.8) is 0 Å². The minimum absolute atomic E-state index is 0.0222. The standard InChI is InChI=1S/C19H23F3O4S/c1-5-8-18(23,19(20,21)22)12-17(3,6-2)15-11-14(27(4,24)25)10-13-7-9-26-16(13)15/h1,10-11,23H,6-9,12H2,2-4H3. The Morgan fingerprint density at radius 1 is 1.33 bits per heavy atom. The predicted molar refractivity (Wildman–Crippen MR) is 95.5 cm³/mol. The van der Waals surface area contributed by atoms with E-state index in [-0.39, 0.29) is 11.3 Å². The van der Waals surface area contributed by atoms with Crippen molar-refractivity contribution in [3.05, 3.63) is 23.3 Å². The van der Waals surface area contributed by atoms with Crippen molar-refractivity contribution < 1.29 is 31.4 Å². The van der Waals surface area contributed by atoms with Crippen molar-refractivity contribution in [1.82, 2.24) is 0 Å². The highest BCUT2D eigenvalue weighted by Gasteiger charge is 2.56. The van der Waals surface area contributed by atoms with Crippen LogP contribution < -0.4 is 4.74 Å². The van der Waals surface area contributed by atoms with Gasteiger partial charge in [0.1, 0.15) is 5.75 Å². The van der Waals surface area contributed by atoms with Crippen LogP contribution in [0, 0.1) is 12.3 Å². The van der Waals surface area contributed by atoms with E-state index in [0.717, 1.165) is 6.26 Å². The van der Waals surface area contributed by atoms with E-state index < -0.39 is 39.9 Å². The van der Waals surface area contributed by atoms with E-state index in [1.807, 2.05) is 5.92 Å². The molecular weight excluding hydrogens is 381 g/mol. The number of benzene rings is 1. The molecule has 8 heteroatoms. The van der Waals surface area contributed by atoms with Crippen LogP contribution in [0.1, 0.15) is 44.2 Å². The van der Waals surface area contributed by atoms with Crippen molar-refractivity contribution in [2.75, 3.05) is 12.9 Å². The molecule has 1 N–H and O–H groups in total. The Morgan fingerprint density at radius 2 is 1.96 bits per heavy atom. The average molecular weight is 404 g/mol. The Kier molecular flexibility index (Phi) is 5.61. The van der Waals surface area contributed by atoms with Gasteiger partial charge in [0.15, 0.2) is 15.4 Å². The molecular formula is C19H23F3O4S. The fourth-order valence-corrected chi connectivity index (χ4v) is 4.12. The lowest BCUT2D eigenvalue weighted by molar-refractivity contribution is -0.265. The molecule has 4 nitrogen and oxygen atoms in total. The van der Waals surface area contributed by atoms with Crippen LogP contribution in [0.5, 0.6) is 5.75 Å². The Morgan fingerprint density at radius 3 is 2.44 bits per heavy atom. The lowest BCUT2D eigenvalue weighted by atomic mass is 9.70. The predicted octanol–water partition coefficient (Wildman–Crippen LogP) is 3.40. The molecule has 2 atom stereocenters. The zero-order chi connectivity index (χ0) is 20.7. The summed E-state index contributed by atoms with van der Waals surface area (Å²) in [5.74, 6) is 2.30. The van der Waals surface area contributed by atoms with Gasteiger partial charge in [-0.3, -0.25) is 0 Å². The molecule has 1 aliphatic rings. The van der Waals surface area contributed by atoms with Gasteiger partial charge in [-0.05, 0) is 36.0 Å². The topological polar surface area (TPSA) is 63.6 Å². The molecule has 0 fully saturated rings. The van der Waals surface area contributed by atoms with Gasteiger partial charge in [-0.15, -0.1) is 12.3 Å². The number of rotatable bonds is 6. The number of hydrogen-bond acceptors (Lipinski definition) is 4. The minimum atomic E-state index is -4.92. The molecule has 0 aliphatic carbocycles. The molecule has 1 aromatic rings. The van der Waals surface area contributed by atoms with Gasteiger partial charge in [-0.1, -0.05) is 13.8 Å². The molecule has 27 heavy (non-hydrogen) atoms. The lowest BCUT2D eigenvalue weighted by Gasteiger charge is -2.39. The van der Waals surface area contributed by atoms with E-state index in [1.165, 1.54) is 12.1 Å². The normalized spacial score (nSPS) is 18.7. The molecule has 1 heterocycles. The molecule has 0 amide bonds. The maximum atomic E-state index is 13.5. The van der Waals surface area contributed by atoms with E-state index in [1.54, 1.807) is 13.8 Å². The lowest BCUT2D eigenvalue weighted by Crippen LogP contribution is -2.49. The van der Waals surface area contributed by atoms with Crippen LogP contribution in [0.25, 0.3) is 0 Å². The molecule has 0 spiro atoms. The number of alkyl halides is 3. The summed E-state index contributed by atoms with van der Waals surface area (Å²) in [6.45, 7) is 3.56. The third-order valence-corrected chi connectivity index (χ3v) is 6.31. The van der Waals surface area contributed by atoms with Crippen LogP contribution in [0.2, 0.25) is 0 Å². The van der Waals surface area contributed by atoms with Crippen LogP contribution in [-0.4, -0.2) is 38.2 Å². The number of sulfone groups is 1. The second kappa shape index (κ2) is 7.02. The Labute approximate surface area is 157 Å². The zero-order valence-electron chi connectivity index (χ0n) is 15.5. The van der Waals surface area contributed by atoms with Gasteiger partial charge in [0.05, 0.1) is 11.5 Å². The van der Waals surface area contributed by atoms with Crippen LogP contribution >= 0.6 is 0 Å². The molecule has 0 aromatic heterocycles. The summed E-state index contributed by atoms with van der Waals surface area (Å²) in [5, 5.41) is 10.3. The molecule has 2 rings (SSSR count). The molecule has 1 aromatic carbocycles. The number of fused-ring (bicyclic) bond motifs is 1. The van der Waals surface area contributed by atoms with Gasteiger partial charge in [-0.25, -0.2) is 8.42 Å². The molecule has 0 saturated carbocycles. The van der Waals surface area contributed by atoms with Crippen molar-refractivity contribution >= 4 is 9.84 Å². The molecule has 0 radical (unpaired) electrons. The van der Waals surface area contributed by atoms with E-state index in [9.17, 15) is 26.7 Å². The maximum absolute atomic E-state index is 13.5. The number of hydrogen-bond donors (Lipinski definition) is 1. The van der Waals surface area contributed by atoms with Crippen LogP contribution in [0.4, 0.5) is 13.2 Å². The highest BCUT2D eigenvalue weighted by atomic mass is 32.2. The summed E-state index contributed by atoms with van der Waals surface area (Å²) in [6.07, 6.45) is 0.293. The summed E-state index contributed by atoms with van der Waals surface area (Å²) in [4.78, 5) is 0.0222. The fourth-order valence-electron chi connectivity index (χ4n) is 3.43. The second-order valence-electron chi connectivity index (χ2n) is 7.33. The molecule has 150 valence electrons. The van der Waals surface area contributed by atoms with E-state index in [4.69, 9.17) is 11.2 Å². The Bertz CT molecular complexity index is 870. The summed E-state index contributed by atoms with van der Waals surface area (Å²) >= 11 is 0. The molecule has 0 saturated heterocycles. The smallest absolute Gasteiger partial charge is 0.418 e. The van der Waals surface area contributed by atoms with E-state index in [2.05, 4.69) is 0 Å². The van der Waals surface area contributed by atoms with E-state index >= 15 is 0 Å². The summed E-state index contributed by atoms with van der Waals surface area (Å²) in [6, 6.07) is 2.85. The third kappa shape index (κ3) is 4.09. The highest BCUT2D eigenvalue weighted by molar-refractivity contribution is 7.90. The SMILES string of the molecule is C#CCC(O)(CC(C)(CC)c1cc(S(C)(=O)=O)cc2c1OCC2)C(F)(F)F. The van der Waals surface area contributed by atoms with Crippen molar-refractivity contribution in [1.29, 1.82) is 0 Å². The fraction of sp³-hybridized carbons (Fsp3) is 0.579. The third-order valence-electron chi connectivity index (χ3n) is 5.22. The van der Waals surface area contributed by atoms with Gasteiger partial charge in [-0.2, -0.15) is 13.2 Å². The largest absolute Gasteiger partial charge is 0.493 e. The van der Waals surface area contributed by atoms with Crippen LogP contribution in [-0.2, 0) is 21.7 Å². The molecule has 1 aliphatic heterocycles. The zero-order valence-corrected chi connectivity index (χ0v) is 16.3. The van der Waals surface area contributed by atoms with Crippen LogP contribution in [0.3, 0.4) is 0 Å². The first kappa shape index (κ1) is 21.6. The first-order chi connectivity index (χ1) is 12.3. The summed E-state index contributed by atoms with van der Waals surface area (Å²) in [7, 11) is -3.57. The van der Waals surface area contributed by atoms with Crippen LogP contribution in [0.15, 0.2) is 17.0 Å². The van der Waals surface area contributed by atoms with Gasteiger partial charge >= 0.3 is 6.18 Å². The Balaban J connectivity index is 2.66. The molecule has 2 unspecified atom stereocenters. The average Bonchev–Trinajstić information content (AvgIpc) is 3.00. The monoisotopic (exact) mass is 404 g/mol. The first-order valence-electron chi connectivity index (χ1n) is 8.50. The number of ether oxygens (including phenoxy) is 1. The summed E-state index contributed by atoms with van der Waals surface area (Å²) in [5.41, 5.74) is -3.30. The number of terminal acetylenes is 1. The first-order valence-corrected chi connectivity index (χ1v) is 10.4.